The summed E-state index contributed by atoms with van der Waals surface area (Å²) in [4.78, 5) is 0. The van der Waals surface area contributed by atoms with E-state index in [0.29, 0.717) is 17.2 Å². The molecule has 0 bridgehead atoms. The minimum Gasteiger partial charge on any atom is -0.497 e. The molecule has 108 valence electrons. The SMILES string of the molecule is COc1ccc(Cn2c(C(C)C)n[nH]c2=S)c(OC)c1. The Balaban J connectivity index is 2.40. The molecule has 2 aromatic rings. The van der Waals surface area contributed by atoms with Crippen LogP contribution in [0.4, 0.5) is 0 Å². The zero-order valence-corrected chi connectivity index (χ0v) is 13.0. The first-order valence-electron chi connectivity index (χ1n) is 6.42. The minimum absolute atomic E-state index is 0.298. The molecule has 5 nitrogen and oxygen atoms in total. The number of hydrogen-bond donors (Lipinski definition) is 1. The summed E-state index contributed by atoms with van der Waals surface area (Å²) >= 11 is 5.30. The molecule has 0 saturated carbocycles. The van der Waals surface area contributed by atoms with E-state index in [1.807, 2.05) is 22.8 Å². The van der Waals surface area contributed by atoms with Crippen LogP contribution >= 0.6 is 12.2 Å². The van der Waals surface area contributed by atoms with Crippen LogP contribution in [-0.2, 0) is 6.54 Å². The molecule has 0 atom stereocenters. The molecule has 0 amide bonds. The summed E-state index contributed by atoms with van der Waals surface area (Å²) in [7, 11) is 3.29. The number of methoxy groups -OCH3 is 2. The molecular formula is C14H19N3O2S. The molecule has 1 aromatic carbocycles. The lowest BCUT2D eigenvalue weighted by molar-refractivity contribution is 0.390. The molecule has 0 aliphatic heterocycles. The lowest BCUT2D eigenvalue weighted by Gasteiger charge is -2.13. The number of H-pyrrole nitrogens is 1. The Morgan fingerprint density at radius 3 is 2.65 bits per heavy atom. The van der Waals surface area contributed by atoms with Crippen molar-refractivity contribution in [1.82, 2.24) is 14.8 Å². The number of nitrogens with zero attached hydrogens (tertiary/aromatic N) is 2. The van der Waals surface area contributed by atoms with Gasteiger partial charge in [0.1, 0.15) is 17.3 Å². The molecule has 2 rings (SSSR count). The fourth-order valence-electron chi connectivity index (χ4n) is 2.08. The van der Waals surface area contributed by atoms with E-state index in [1.165, 1.54) is 0 Å². The fraction of sp³-hybridized carbons (Fsp3) is 0.429. The van der Waals surface area contributed by atoms with E-state index in [4.69, 9.17) is 21.7 Å². The van der Waals surface area contributed by atoms with Crippen LogP contribution in [0.15, 0.2) is 18.2 Å². The van der Waals surface area contributed by atoms with Gasteiger partial charge in [-0.05, 0) is 24.4 Å². The van der Waals surface area contributed by atoms with Crippen LogP contribution in [0.5, 0.6) is 11.5 Å². The molecule has 0 spiro atoms. The van der Waals surface area contributed by atoms with Gasteiger partial charge in [0.2, 0.25) is 0 Å². The van der Waals surface area contributed by atoms with Gasteiger partial charge >= 0.3 is 0 Å². The van der Waals surface area contributed by atoms with Gasteiger partial charge in [-0.1, -0.05) is 13.8 Å². The van der Waals surface area contributed by atoms with E-state index in [1.54, 1.807) is 14.2 Å². The maximum atomic E-state index is 5.42. The summed E-state index contributed by atoms with van der Waals surface area (Å²) < 4.78 is 13.2. The van der Waals surface area contributed by atoms with Crippen molar-refractivity contribution in [1.29, 1.82) is 0 Å². The van der Waals surface area contributed by atoms with Crippen molar-refractivity contribution >= 4 is 12.2 Å². The van der Waals surface area contributed by atoms with Crippen molar-refractivity contribution in [3.8, 4) is 11.5 Å². The summed E-state index contributed by atoms with van der Waals surface area (Å²) in [6.45, 7) is 4.80. The molecule has 0 unspecified atom stereocenters. The summed E-state index contributed by atoms with van der Waals surface area (Å²) in [6, 6.07) is 5.77. The molecule has 0 aliphatic carbocycles. The van der Waals surface area contributed by atoms with E-state index < -0.39 is 0 Å². The van der Waals surface area contributed by atoms with Gasteiger partial charge in [0, 0.05) is 17.5 Å². The maximum absolute atomic E-state index is 5.42. The highest BCUT2D eigenvalue weighted by atomic mass is 32.1. The third-order valence-electron chi connectivity index (χ3n) is 3.13. The van der Waals surface area contributed by atoms with Gasteiger partial charge in [0.15, 0.2) is 4.77 Å². The average Bonchev–Trinajstić information content (AvgIpc) is 2.81. The van der Waals surface area contributed by atoms with Gasteiger partial charge < -0.3 is 9.47 Å². The Bertz CT molecular complexity index is 646. The monoisotopic (exact) mass is 293 g/mol. The van der Waals surface area contributed by atoms with Gasteiger partial charge in [-0.15, -0.1) is 0 Å². The smallest absolute Gasteiger partial charge is 0.195 e. The third-order valence-corrected chi connectivity index (χ3v) is 3.44. The largest absolute Gasteiger partial charge is 0.497 e. The first-order valence-corrected chi connectivity index (χ1v) is 6.83. The molecule has 1 N–H and O–H groups in total. The predicted molar refractivity (Wildman–Crippen MR) is 80.1 cm³/mol. The molecule has 0 fully saturated rings. The highest BCUT2D eigenvalue weighted by Gasteiger charge is 2.13. The summed E-state index contributed by atoms with van der Waals surface area (Å²) in [5.74, 6) is 2.78. The number of rotatable bonds is 5. The van der Waals surface area contributed by atoms with E-state index >= 15 is 0 Å². The number of aromatic amines is 1. The second-order valence-corrected chi connectivity index (χ2v) is 5.19. The quantitative estimate of drug-likeness (QED) is 0.861. The number of aromatic nitrogens is 3. The Hall–Kier alpha value is -1.82. The highest BCUT2D eigenvalue weighted by molar-refractivity contribution is 7.71. The van der Waals surface area contributed by atoms with Gasteiger partial charge in [-0.3, -0.25) is 9.67 Å². The summed E-state index contributed by atoms with van der Waals surface area (Å²) in [5.41, 5.74) is 1.03. The Kier molecular flexibility index (Phi) is 4.44. The van der Waals surface area contributed by atoms with Crippen molar-refractivity contribution in [3.05, 3.63) is 34.4 Å². The van der Waals surface area contributed by atoms with Crippen molar-refractivity contribution < 1.29 is 9.47 Å². The fourth-order valence-corrected chi connectivity index (χ4v) is 2.28. The van der Waals surface area contributed by atoms with Crippen LogP contribution in [0.2, 0.25) is 0 Å². The third kappa shape index (κ3) is 2.85. The summed E-state index contributed by atoms with van der Waals surface area (Å²) in [5, 5.41) is 7.13. The van der Waals surface area contributed by atoms with Crippen LogP contribution in [0.3, 0.4) is 0 Å². The molecule has 20 heavy (non-hydrogen) atoms. The van der Waals surface area contributed by atoms with Gasteiger partial charge in [-0.25, -0.2) is 0 Å². The van der Waals surface area contributed by atoms with Crippen molar-refractivity contribution in [2.45, 2.75) is 26.3 Å². The molecule has 0 saturated heterocycles. The molecule has 1 heterocycles. The average molecular weight is 293 g/mol. The van der Waals surface area contributed by atoms with Gasteiger partial charge in [0.05, 0.1) is 20.8 Å². The molecule has 0 aliphatic rings. The maximum Gasteiger partial charge on any atom is 0.195 e. The number of benzene rings is 1. The lowest BCUT2D eigenvalue weighted by atomic mass is 10.1. The second kappa shape index (κ2) is 6.09. The lowest BCUT2D eigenvalue weighted by Crippen LogP contribution is -2.08. The normalized spacial score (nSPS) is 10.8. The number of nitrogens with one attached hydrogen (secondary N) is 1. The van der Waals surface area contributed by atoms with Crippen molar-refractivity contribution in [2.24, 2.45) is 0 Å². The molecular weight excluding hydrogens is 274 g/mol. The van der Waals surface area contributed by atoms with Crippen LogP contribution in [0.1, 0.15) is 31.2 Å². The van der Waals surface area contributed by atoms with E-state index in [9.17, 15) is 0 Å². The van der Waals surface area contributed by atoms with E-state index in [2.05, 4.69) is 24.0 Å². The Morgan fingerprint density at radius 1 is 1.30 bits per heavy atom. The zero-order chi connectivity index (χ0) is 14.7. The van der Waals surface area contributed by atoms with Crippen LogP contribution < -0.4 is 9.47 Å². The Morgan fingerprint density at radius 2 is 2.05 bits per heavy atom. The van der Waals surface area contributed by atoms with Gasteiger partial charge in [0.25, 0.3) is 0 Å². The first kappa shape index (κ1) is 14.6. The van der Waals surface area contributed by atoms with E-state index in [-0.39, 0.29) is 0 Å². The molecule has 6 heteroatoms. The minimum atomic E-state index is 0.298. The van der Waals surface area contributed by atoms with Crippen LogP contribution in [0.25, 0.3) is 0 Å². The topological polar surface area (TPSA) is 52.1 Å². The second-order valence-electron chi connectivity index (χ2n) is 4.81. The van der Waals surface area contributed by atoms with Crippen LogP contribution in [0, 0.1) is 4.77 Å². The summed E-state index contributed by atoms with van der Waals surface area (Å²) in [6.07, 6.45) is 0. The first-order chi connectivity index (χ1) is 9.56. The zero-order valence-electron chi connectivity index (χ0n) is 12.1. The van der Waals surface area contributed by atoms with Crippen molar-refractivity contribution in [2.75, 3.05) is 14.2 Å². The van der Waals surface area contributed by atoms with Crippen LogP contribution in [-0.4, -0.2) is 29.0 Å². The standard InChI is InChI=1S/C14H19N3O2S/c1-9(2)13-15-16-14(20)17(13)8-10-5-6-11(18-3)7-12(10)19-4/h5-7,9H,8H2,1-4H3,(H,16,20). The van der Waals surface area contributed by atoms with Gasteiger partial charge in [-0.2, -0.15) is 5.10 Å². The van der Waals surface area contributed by atoms with Crippen molar-refractivity contribution in [3.63, 3.8) is 0 Å². The molecule has 1 aromatic heterocycles. The number of hydrogen-bond acceptors (Lipinski definition) is 4. The van der Waals surface area contributed by atoms with E-state index in [0.717, 1.165) is 22.9 Å². The highest BCUT2D eigenvalue weighted by Crippen LogP contribution is 2.26. The molecule has 0 radical (unpaired) electrons. The number of ether oxygens (including phenoxy) is 2. The predicted octanol–water partition coefficient (Wildman–Crippen LogP) is 3.13. The Labute approximate surface area is 123 Å².